The predicted octanol–water partition coefficient (Wildman–Crippen LogP) is 3.56. The van der Waals surface area contributed by atoms with Crippen LogP contribution in [-0.2, 0) is 9.53 Å². The first-order valence-corrected chi connectivity index (χ1v) is 9.90. The number of nitrogens with zero attached hydrogens (tertiary/aromatic N) is 1. The molecule has 0 radical (unpaired) electrons. The van der Waals surface area contributed by atoms with Crippen molar-refractivity contribution < 1.29 is 19.1 Å². The number of halogens is 1. The van der Waals surface area contributed by atoms with E-state index in [9.17, 15) is 9.59 Å². The third-order valence-corrected chi connectivity index (χ3v) is 5.02. The molecule has 0 atom stereocenters. The van der Waals surface area contributed by atoms with Crippen LogP contribution in [0.3, 0.4) is 0 Å². The van der Waals surface area contributed by atoms with Gasteiger partial charge in [-0.15, -0.1) is 0 Å². The first-order valence-electron chi connectivity index (χ1n) is 9.10. The monoisotopic (exact) mass is 446 g/mol. The van der Waals surface area contributed by atoms with Crippen molar-refractivity contribution in [2.24, 2.45) is 0 Å². The van der Waals surface area contributed by atoms with Crippen molar-refractivity contribution in [3.8, 4) is 5.75 Å². The molecule has 7 heteroatoms. The quantitative estimate of drug-likeness (QED) is 0.762. The molecule has 2 aromatic rings. The van der Waals surface area contributed by atoms with E-state index in [0.29, 0.717) is 43.3 Å². The molecule has 1 aliphatic heterocycles. The largest absolute Gasteiger partial charge is 0.482 e. The highest BCUT2D eigenvalue weighted by Crippen LogP contribution is 2.30. The van der Waals surface area contributed by atoms with Gasteiger partial charge in [0.05, 0.1) is 17.7 Å². The fraction of sp³-hybridized carbons (Fsp3) is 0.333. The van der Waals surface area contributed by atoms with E-state index in [1.54, 1.807) is 29.2 Å². The molecule has 0 aliphatic carbocycles. The third-order valence-electron chi connectivity index (χ3n) is 4.44. The Morgan fingerprint density at radius 2 is 1.82 bits per heavy atom. The molecule has 28 heavy (non-hydrogen) atoms. The van der Waals surface area contributed by atoms with E-state index in [1.165, 1.54) is 0 Å². The zero-order chi connectivity index (χ0) is 20.1. The Labute approximate surface area is 172 Å². The summed E-state index contributed by atoms with van der Waals surface area (Å²) in [6, 6.07) is 10.8. The molecule has 0 spiro atoms. The summed E-state index contributed by atoms with van der Waals surface area (Å²) in [5.41, 5.74) is 3.29. The molecule has 1 fully saturated rings. The number of carbonyl (C=O) groups is 2. The molecule has 0 unspecified atom stereocenters. The number of rotatable bonds is 5. The first-order chi connectivity index (χ1) is 13.4. The fourth-order valence-corrected chi connectivity index (χ4v) is 3.85. The highest BCUT2D eigenvalue weighted by molar-refractivity contribution is 9.10. The number of nitrogens with one attached hydrogen (secondary N) is 1. The van der Waals surface area contributed by atoms with Crippen molar-refractivity contribution in [3.05, 3.63) is 57.6 Å². The SMILES string of the molecule is Cc1cc(C)c(OCC(=O)Nc2ccc(C(=O)N3CCOCC3)cc2)c(Br)c1. The minimum Gasteiger partial charge on any atom is -0.482 e. The molecule has 1 saturated heterocycles. The third kappa shape index (κ3) is 5.11. The van der Waals surface area contributed by atoms with Gasteiger partial charge in [-0.3, -0.25) is 9.59 Å². The average Bonchev–Trinajstić information content (AvgIpc) is 2.68. The Morgan fingerprint density at radius 3 is 2.46 bits per heavy atom. The van der Waals surface area contributed by atoms with Crippen molar-refractivity contribution in [1.29, 1.82) is 0 Å². The van der Waals surface area contributed by atoms with Gasteiger partial charge in [-0.2, -0.15) is 0 Å². The topological polar surface area (TPSA) is 67.9 Å². The van der Waals surface area contributed by atoms with E-state index in [0.717, 1.165) is 15.6 Å². The average molecular weight is 447 g/mol. The van der Waals surface area contributed by atoms with Gasteiger partial charge < -0.3 is 19.7 Å². The summed E-state index contributed by atoms with van der Waals surface area (Å²) in [5, 5.41) is 2.78. The molecular weight excluding hydrogens is 424 g/mol. The molecular formula is C21H23BrN2O4. The lowest BCUT2D eigenvalue weighted by Crippen LogP contribution is -2.40. The lowest BCUT2D eigenvalue weighted by molar-refractivity contribution is -0.118. The number of hydrogen-bond acceptors (Lipinski definition) is 4. The zero-order valence-corrected chi connectivity index (χ0v) is 17.5. The number of hydrogen-bond donors (Lipinski definition) is 1. The number of morpholine rings is 1. The summed E-state index contributed by atoms with van der Waals surface area (Å²) in [7, 11) is 0. The van der Waals surface area contributed by atoms with Crippen LogP contribution in [0.4, 0.5) is 5.69 Å². The van der Waals surface area contributed by atoms with Gasteiger partial charge in [0.25, 0.3) is 11.8 Å². The van der Waals surface area contributed by atoms with Crippen LogP contribution in [0.15, 0.2) is 40.9 Å². The molecule has 148 valence electrons. The van der Waals surface area contributed by atoms with Crippen LogP contribution >= 0.6 is 15.9 Å². The van der Waals surface area contributed by atoms with E-state index in [4.69, 9.17) is 9.47 Å². The Hall–Kier alpha value is -2.38. The summed E-state index contributed by atoms with van der Waals surface area (Å²) < 4.78 is 11.8. The summed E-state index contributed by atoms with van der Waals surface area (Å²) in [6.45, 7) is 6.17. The van der Waals surface area contributed by atoms with Crippen molar-refractivity contribution in [2.75, 3.05) is 38.2 Å². The summed E-state index contributed by atoms with van der Waals surface area (Å²) >= 11 is 3.47. The van der Waals surface area contributed by atoms with Crippen LogP contribution in [0.5, 0.6) is 5.75 Å². The number of carbonyl (C=O) groups excluding carboxylic acids is 2. The van der Waals surface area contributed by atoms with E-state index in [2.05, 4.69) is 21.2 Å². The van der Waals surface area contributed by atoms with Gasteiger partial charge in [0.15, 0.2) is 6.61 Å². The van der Waals surface area contributed by atoms with Crippen LogP contribution in [0, 0.1) is 13.8 Å². The standard InChI is InChI=1S/C21H23BrN2O4/c1-14-11-15(2)20(18(22)12-14)28-13-19(25)23-17-5-3-16(4-6-17)21(26)24-7-9-27-10-8-24/h3-6,11-12H,7-10,13H2,1-2H3,(H,23,25). The van der Waals surface area contributed by atoms with Crippen LogP contribution < -0.4 is 10.1 Å². The molecule has 1 N–H and O–H groups in total. The first kappa shape index (κ1) is 20.4. The second-order valence-electron chi connectivity index (χ2n) is 6.71. The van der Waals surface area contributed by atoms with Crippen molar-refractivity contribution in [2.45, 2.75) is 13.8 Å². The number of amides is 2. The van der Waals surface area contributed by atoms with E-state index in [-0.39, 0.29) is 18.4 Å². The van der Waals surface area contributed by atoms with Gasteiger partial charge in [0.2, 0.25) is 0 Å². The molecule has 0 saturated carbocycles. The Kier molecular flexibility index (Phi) is 6.70. The summed E-state index contributed by atoms with van der Waals surface area (Å²) in [5.74, 6) is 0.371. The minimum atomic E-state index is -0.265. The van der Waals surface area contributed by atoms with Gasteiger partial charge in [-0.25, -0.2) is 0 Å². The van der Waals surface area contributed by atoms with Crippen LogP contribution in [0.25, 0.3) is 0 Å². The minimum absolute atomic E-state index is 0.0239. The maximum absolute atomic E-state index is 12.4. The molecule has 3 rings (SSSR count). The van der Waals surface area contributed by atoms with Crippen LogP contribution in [0.2, 0.25) is 0 Å². The second-order valence-corrected chi connectivity index (χ2v) is 7.57. The van der Waals surface area contributed by atoms with Crippen LogP contribution in [-0.4, -0.2) is 49.6 Å². The highest BCUT2D eigenvalue weighted by Gasteiger charge is 2.18. The van der Waals surface area contributed by atoms with Gasteiger partial charge in [0, 0.05) is 24.3 Å². The maximum Gasteiger partial charge on any atom is 0.262 e. The smallest absolute Gasteiger partial charge is 0.262 e. The number of benzene rings is 2. The molecule has 1 aliphatic rings. The number of ether oxygens (including phenoxy) is 2. The molecule has 2 aromatic carbocycles. The van der Waals surface area contributed by atoms with E-state index < -0.39 is 0 Å². The van der Waals surface area contributed by atoms with Crippen molar-refractivity contribution >= 4 is 33.4 Å². The summed E-state index contributed by atoms with van der Waals surface area (Å²) in [4.78, 5) is 26.4. The Bertz CT molecular complexity index is 838. The lowest BCUT2D eigenvalue weighted by atomic mass is 10.1. The number of anilines is 1. The van der Waals surface area contributed by atoms with Gasteiger partial charge in [-0.1, -0.05) is 6.07 Å². The van der Waals surface area contributed by atoms with Crippen molar-refractivity contribution in [3.63, 3.8) is 0 Å². The lowest BCUT2D eigenvalue weighted by Gasteiger charge is -2.26. The molecule has 6 nitrogen and oxygen atoms in total. The van der Waals surface area contributed by atoms with Crippen molar-refractivity contribution in [1.82, 2.24) is 4.90 Å². The molecule has 1 heterocycles. The second kappa shape index (κ2) is 9.21. The highest BCUT2D eigenvalue weighted by atomic mass is 79.9. The predicted molar refractivity (Wildman–Crippen MR) is 111 cm³/mol. The Morgan fingerprint density at radius 1 is 1.14 bits per heavy atom. The van der Waals surface area contributed by atoms with Gasteiger partial charge >= 0.3 is 0 Å². The molecule has 2 amide bonds. The van der Waals surface area contributed by atoms with E-state index in [1.807, 2.05) is 26.0 Å². The Balaban J connectivity index is 1.55. The van der Waals surface area contributed by atoms with E-state index >= 15 is 0 Å². The maximum atomic E-state index is 12.4. The molecule has 0 aromatic heterocycles. The zero-order valence-electron chi connectivity index (χ0n) is 16.0. The van der Waals surface area contributed by atoms with Crippen LogP contribution in [0.1, 0.15) is 21.5 Å². The summed E-state index contributed by atoms with van der Waals surface area (Å²) in [6.07, 6.45) is 0. The normalized spacial score (nSPS) is 13.9. The fourth-order valence-electron chi connectivity index (χ4n) is 3.07. The van der Waals surface area contributed by atoms with Gasteiger partial charge in [-0.05, 0) is 71.2 Å². The molecule has 0 bridgehead atoms. The van der Waals surface area contributed by atoms with Gasteiger partial charge in [0.1, 0.15) is 5.75 Å². The number of aryl methyl sites for hydroxylation is 2.